The number of rotatable bonds is 10. The number of carbonyl (C=O) groups excluding carboxylic acids is 4. The van der Waals surface area contributed by atoms with Crippen LogP contribution in [-0.4, -0.2) is 127 Å². The van der Waals surface area contributed by atoms with E-state index in [1.165, 1.54) is 0 Å². The lowest BCUT2D eigenvalue weighted by Crippen LogP contribution is -2.62. The monoisotopic (exact) mass is 844 g/mol. The highest BCUT2D eigenvalue weighted by atomic mass is 16.5. The van der Waals surface area contributed by atoms with Gasteiger partial charge in [-0.25, -0.2) is 0 Å². The van der Waals surface area contributed by atoms with Crippen molar-refractivity contribution < 1.29 is 29.0 Å². The molecule has 0 radical (unpaired) electrons. The molecule has 1 saturated carbocycles. The van der Waals surface area contributed by atoms with Gasteiger partial charge >= 0.3 is 0 Å². The highest BCUT2D eigenvalue weighted by Gasteiger charge is 2.63. The van der Waals surface area contributed by atoms with Gasteiger partial charge in [0.15, 0.2) is 0 Å². The second-order valence-electron chi connectivity index (χ2n) is 18.9. The molecule has 2 N–H and O–H groups in total. The summed E-state index contributed by atoms with van der Waals surface area (Å²) in [6, 6.07) is 16.6. The van der Waals surface area contributed by atoms with Crippen LogP contribution in [0, 0.1) is 17.3 Å². The number of nitrogens with zero attached hydrogens (tertiary/aromatic N) is 7. The zero-order valence-electron chi connectivity index (χ0n) is 36.0. The second kappa shape index (κ2) is 16.8. The number of carbonyl (C=O) groups is 4. The number of phenolic OH excluding ortho intramolecular Hbond substituents is 1. The Hall–Kier alpha value is -5.21. The third-order valence-electron chi connectivity index (χ3n) is 15.3. The average molecular weight is 845 g/mol. The summed E-state index contributed by atoms with van der Waals surface area (Å²) in [6.45, 7) is 11.1. The number of β-lactam (4-membered cyclic amide) rings is 1. The molecule has 1 unspecified atom stereocenters. The number of para-hydroxylation sites is 2. The van der Waals surface area contributed by atoms with E-state index in [-0.39, 0.29) is 41.8 Å². The van der Waals surface area contributed by atoms with E-state index in [0.717, 1.165) is 139 Å². The van der Waals surface area contributed by atoms with Gasteiger partial charge in [-0.05, 0) is 105 Å². The van der Waals surface area contributed by atoms with Crippen molar-refractivity contribution in [1.29, 1.82) is 0 Å². The van der Waals surface area contributed by atoms with Crippen LogP contribution < -0.4 is 24.8 Å². The molecule has 7 heterocycles. The van der Waals surface area contributed by atoms with Crippen molar-refractivity contribution in [1.82, 2.24) is 25.0 Å². The highest BCUT2D eigenvalue weighted by Crippen LogP contribution is 2.62. The van der Waals surface area contributed by atoms with Crippen LogP contribution in [0.15, 0.2) is 54.6 Å². The number of amides is 4. The second-order valence-corrected chi connectivity index (χ2v) is 18.9. The Bertz CT molecular complexity index is 2200. The fraction of sp³-hybridized carbons (Fsp3) is 0.562. The van der Waals surface area contributed by atoms with Crippen LogP contribution in [0.5, 0.6) is 11.6 Å². The minimum Gasteiger partial charge on any atom is -0.506 e. The van der Waals surface area contributed by atoms with Crippen molar-refractivity contribution in [3.63, 3.8) is 0 Å². The van der Waals surface area contributed by atoms with E-state index in [1.54, 1.807) is 29.0 Å². The number of piperidine rings is 3. The third-order valence-corrected chi connectivity index (χ3v) is 15.3. The number of methoxy groups -OCH3 is 1. The summed E-state index contributed by atoms with van der Waals surface area (Å²) in [7, 11) is 1.67. The number of anilines is 3. The topological polar surface area (TPSA) is 142 Å². The zero-order valence-corrected chi connectivity index (χ0v) is 36.0. The SMILES string of the molecule is COc1nc(N2CCC(CN3CCN(CC4CCN(c5ccc6c(c5)CN(C5CCC(=O)NC5=O)C6=O)CC4)CC3)CC2)ccc1[C@@H]1N(c2ccccc2O)C(=O)C12CCCC2. The Morgan fingerprint density at radius 2 is 1.45 bits per heavy atom. The fourth-order valence-corrected chi connectivity index (χ4v) is 11.9. The van der Waals surface area contributed by atoms with Gasteiger partial charge in [0, 0.05) is 95.2 Å². The largest absolute Gasteiger partial charge is 0.506 e. The molecule has 6 aliphatic heterocycles. The van der Waals surface area contributed by atoms with E-state index in [4.69, 9.17) is 9.72 Å². The van der Waals surface area contributed by atoms with Crippen molar-refractivity contribution in [3.05, 3.63) is 71.3 Å². The van der Waals surface area contributed by atoms with Gasteiger partial charge in [-0.15, -0.1) is 0 Å². The quantitative estimate of drug-likeness (QED) is 0.212. The van der Waals surface area contributed by atoms with Crippen LogP contribution in [-0.2, 0) is 20.9 Å². The van der Waals surface area contributed by atoms with Crippen LogP contribution >= 0.6 is 0 Å². The Balaban J connectivity index is 0.674. The van der Waals surface area contributed by atoms with Gasteiger partial charge in [-0.1, -0.05) is 25.0 Å². The molecule has 1 aromatic heterocycles. The van der Waals surface area contributed by atoms with Gasteiger partial charge in [-0.2, -0.15) is 4.98 Å². The number of hydrogen-bond acceptors (Lipinski definition) is 11. The Morgan fingerprint density at radius 1 is 0.790 bits per heavy atom. The van der Waals surface area contributed by atoms with Crippen molar-refractivity contribution >= 4 is 40.8 Å². The van der Waals surface area contributed by atoms with Gasteiger partial charge in [0.25, 0.3) is 5.91 Å². The number of aromatic hydroxyl groups is 1. The molecule has 4 amide bonds. The molecule has 5 saturated heterocycles. The maximum Gasteiger partial charge on any atom is 0.255 e. The molecule has 2 aromatic carbocycles. The maximum absolute atomic E-state index is 13.8. The minimum atomic E-state index is -0.588. The lowest BCUT2D eigenvalue weighted by Gasteiger charge is -2.55. The van der Waals surface area contributed by atoms with E-state index in [9.17, 15) is 24.3 Å². The summed E-state index contributed by atoms with van der Waals surface area (Å²) >= 11 is 0. The van der Waals surface area contributed by atoms with Crippen LogP contribution in [0.3, 0.4) is 0 Å². The normalized spacial score (nSPS) is 25.1. The molecule has 10 rings (SSSR count). The van der Waals surface area contributed by atoms with E-state index in [1.807, 2.05) is 18.2 Å². The summed E-state index contributed by atoms with van der Waals surface area (Å²) in [5.41, 5.74) is 3.77. The van der Waals surface area contributed by atoms with Gasteiger partial charge in [0.1, 0.15) is 17.6 Å². The number of ether oxygens (including phenoxy) is 1. The summed E-state index contributed by atoms with van der Waals surface area (Å²) in [5, 5.41) is 13.1. The molecular formula is C48H60N8O6. The number of nitrogens with one attached hydrogen (secondary N) is 1. The molecule has 62 heavy (non-hydrogen) atoms. The number of pyridine rings is 1. The molecule has 328 valence electrons. The first kappa shape index (κ1) is 40.8. The summed E-state index contributed by atoms with van der Waals surface area (Å²) in [5.74, 6) is 2.27. The lowest BCUT2D eigenvalue weighted by atomic mass is 9.66. The van der Waals surface area contributed by atoms with E-state index in [2.05, 4.69) is 49.2 Å². The highest BCUT2D eigenvalue weighted by molar-refractivity contribution is 6.08. The third kappa shape index (κ3) is 7.46. The predicted molar refractivity (Wildman–Crippen MR) is 235 cm³/mol. The predicted octanol–water partition coefficient (Wildman–Crippen LogP) is 4.96. The fourth-order valence-electron chi connectivity index (χ4n) is 11.9. The smallest absolute Gasteiger partial charge is 0.255 e. The maximum atomic E-state index is 13.8. The molecule has 14 nitrogen and oxygen atoms in total. The van der Waals surface area contributed by atoms with Crippen LogP contribution in [0.1, 0.15) is 91.7 Å². The minimum absolute atomic E-state index is 0.0889. The Morgan fingerprint density at radius 3 is 2.10 bits per heavy atom. The van der Waals surface area contributed by atoms with Crippen molar-refractivity contribution in [2.45, 2.75) is 82.8 Å². The number of piperazine rings is 1. The van der Waals surface area contributed by atoms with Crippen molar-refractivity contribution in [2.75, 3.05) is 87.3 Å². The molecule has 1 aliphatic carbocycles. The first-order valence-electron chi connectivity index (χ1n) is 23.1. The summed E-state index contributed by atoms with van der Waals surface area (Å²) < 4.78 is 5.95. The van der Waals surface area contributed by atoms with E-state index in [0.29, 0.717) is 41.9 Å². The summed E-state index contributed by atoms with van der Waals surface area (Å²) in [4.78, 5) is 69.7. The Labute approximate surface area is 364 Å². The zero-order chi connectivity index (χ0) is 42.5. The van der Waals surface area contributed by atoms with Crippen LogP contribution in [0.25, 0.3) is 0 Å². The van der Waals surface area contributed by atoms with Crippen LogP contribution in [0.4, 0.5) is 17.2 Å². The summed E-state index contributed by atoms with van der Waals surface area (Å²) in [6.07, 6.45) is 8.94. The van der Waals surface area contributed by atoms with E-state index < -0.39 is 11.5 Å². The van der Waals surface area contributed by atoms with Gasteiger partial charge in [0.05, 0.1) is 24.3 Å². The van der Waals surface area contributed by atoms with Crippen molar-refractivity contribution in [2.24, 2.45) is 17.3 Å². The molecule has 14 heteroatoms. The Kier molecular flexibility index (Phi) is 11.1. The lowest BCUT2D eigenvalue weighted by molar-refractivity contribution is -0.140. The first-order valence-corrected chi connectivity index (χ1v) is 23.1. The number of benzene rings is 2. The molecule has 3 aromatic rings. The van der Waals surface area contributed by atoms with Crippen LogP contribution in [0.2, 0.25) is 0 Å². The molecule has 0 bridgehead atoms. The number of fused-ring (bicyclic) bond motifs is 1. The first-order chi connectivity index (χ1) is 30.2. The number of hydrogen-bond donors (Lipinski definition) is 2. The standard InChI is InChI=1S/C48H60N8O6/c1-62-45-37(43-48(18-4-5-19-48)47(61)56(43)38-6-2-3-7-40(38)57)10-12-41(49-45)54-22-16-33(17-23-54)30-52-26-24-51(25-27-52)29-32-14-20-53(21-15-32)35-8-9-36-34(28-35)31-55(46(36)60)39-11-13-42(58)50-44(39)59/h2-3,6-10,12,28,32-33,39,43,57H,4-5,11,13-27,29-31H2,1H3,(H,50,58,59)/t39?,43-/m0/s1. The van der Waals surface area contributed by atoms with E-state index >= 15 is 0 Å². The van der Waals surface area contributed by atoms with Crippen molar-refractivity contribution in [3.8, 4) is 11.6 Å². The average Bonchev–Trinajstić information content (AvgIpc) is 3.93. The van der Waals surface area contributed by atoms with Gasteiger partial charge in [-0.3, -0.25) is 29.4 Å². The number of phenols is 1. The molecule has 6 fully saturated rings. The van der Waals surface area contributed by atoms with Gasteiger partial charge in [0.2, 0.25) is 23.6 Å². The number of imide groups is 1. The molecule has 2 atom stereocenters. The van der Waals surface area contributed by atoms with Gasteiger partial charge < -0.3 is 34.3 Å². The number of aromatic nitrogens is 1. The molecular weight excluding hydrogens is 785 g/mol. The molecule has 1 spiro atoms. The molecule has 7 aliphatic rings.